The number of benzene rings is 1. The maximum atomic E-state index is 12.1. The second kappa shape index (κ2) is 7.74. The minimum Gasteiger partial charge on any atom is -0.494 e. The van der Waals surface area contributed by atoms with Gasteiger partial charge in [0.05, 0.1) is 30.3 Å². The van der Waals surface area contributed by atoms with Gasteiger partial charge in [0.1, 0.15) is 5.75 Å². The Kier molecular flexibility index (Phi) is 5.71. The molecule has 7 heteroatoms. The summed E-state index contributed by atoms with van der Waals surface area (Å²) in [7, 11) is 1.42. The summed E-state index contributed by atoms with van der Waals surface area (Å²) in [5.74, 6) is 0.160. The van der Waals surface area contributed by atoms with Gasteiger partial charge in [0, 0.05) is 6.07 Å². The third-order valence-electron chi connectivity index (χ3n) is 3.74. The van der Waals surface area contributed by atoms with Crippen LogP contribution >= 0.6 is 0 Å². The van der Waals surface area contributed by atoms with Crippen LogP contribution in [0.25, 0.3) is 0 Å². The van der Waals surface area contributed by atoms with Gasteiger partial charge in [-0.25, -0.2) is 0 Å². The van der Waals surface area contributed by atoms with E-state index in [1.54, 1.807) is 0 Å². The molecule has 0 atom stereocenters. The first-order valence-electron chi connectivity index (χ1n) is 7.45. The van der Waals surface area contributed by atoms with Crippen molar-refractivity contribution in [1.82, 2.24) is 4.90 Å². The van der Waals surface area contributed by atoms with E-state index in [1.165, 1.54) is 38.2 Å². The predicted octanol–water partition coefficient (Wildman–Crippen LogP) is 2.42. The van der Waals surface area contributed by atoms with Gasteiger partial charge in [-0.05, 0) is 32.0 Å². The largest absolute Gasteiger partial charge is 0.494 e. The molecule has 1 aromatic rings. The van der Waals surface area contributed by atoms with Gasteiger partial charge in [0.25, 0.3) is 5.69 Å². The fraction of sp³-hybridized carbons (Fsp3) is 0.533. The Balaban J connectivity index is 1.99. The number of nitro benzene ring substituents is 1. The molecule has 0 unspecified atom stereocenters. The number of methoxy groups -OCH3 is 1. The van der Waals surface area contributed by atoms with Gasteiger partial charge in [0.2, 0.25) is 5.91 Å². The van der Waals surface area contributed by atoms with E-state index in [0.29, 0.717) is 18.0 Å². The van der Waals surface area contributed by atoms with Gasteiger partial charge < -0.3 is 10.1 Å². The number of nitrogens with zero attached hydrogens (tertiary/aromatic N) is 2. The van der Waals surface area contributed by atoms with E-state index in [-0.39, 0.29) is 11.6 Å². The third kappa shape index (κ3) is 4.42. The lowest BCUT2D eigenvalue weighted by molar-refractivity contribution is -0.384. The van der Waals surface area contributed by atoms with Crippen LogP contribution in [0.3, 0.4) is 0 Å². The monoisotopic (exact) mass is 307 g/mol. The molecule has 2 rings (SSSR count). The van der Waals surface area contributed by atoms with Crippen molar-refractivity contribution in [3.63, 3.8) is 0 Å². The number of hydrogen-bond donors (Lipinski definition) is 1. The van der Waals surface area contributed by atoms with Crippen LogP contribution in [-0.2, 0) is 4.79 Å². The number of ether oxygens (including phenoxy) is 1. The van der Waals surface area contributed by atoms with Crippen LogP contribution in [0.1, 0.15) is 25.7 Å². The summed E-state index contributed by atoms with van der Waals surface area (Å²) in [6.45, 7) is 2.20. The molecule has 1 aromatic carbocycles. The summed E-state index contributed by atoms with van der Waals surface area (Å²) < 4.78 is 5.11. The summed E-state index contributed by atoms with van der Waals surface area (Å²) in [5, 5.41) is 13.5. The molecule has 1 aliphatic heterocycles. The number of amides is 1. The van der Waals surface area contributed by atoms with Gasteiger partial charge in [-0.2, -0.15) is 0 Å². The van der Waals surface area contributed by atoms with Crippen LogP contribution in [-0.4, -0.2) is 42.5 Å². The Morgan fingerprint density at radius 2 is 2.00 bits per heavy atom. The molecule has 0 radical (unpaired) electrons. The van der Waals surface area contributed by atoms with E-state index < -0.39 is 4.92 Å². The molecule has 1 aliphatic rings. The van der Waals surface area contributed by atoms with Crippen molar-refractivity contribution >= 4 is 17.3 Å². The molecule has 7 nitrogen and oxygen atoms in total. The molecule has 1 amide bonds. The Bertz CT molecular complexity index is 540. The van der Waals surface area contributed by atoms with Crippen molar-refractivity contribution in [2.45, 2.75) is 25.7 Å². The Morgan fingerprint density at radius 1 is 1.32 bits per heavy atom. The Hall–Kier alpha value is -2.15. The average Bonchev–Trinajstić information content (AvgIpc) is 2.76. The van der Waals surface area contributed by atoms with Crippen LogP contribution in [0.4, 0.5) is 11.4 Å². The van der Waals surface area contributed by atoms with Crippen LogP contribution in [0, 0.1) is 10.1 Å². The first-order chi connectivity index (χ1) is 10.6. The van der Waals surface area contributed by atoms with Crippen molar-refractivity contribution in [2.24, 2.45) is 0 Å². The van der Waals surface area contributed by atoms with Gasteiger partial charge in [-0.3, -0.25) is 19.8 Å². The number of carbonyl (C=O) groups is 1. The summed E-state index contributed by atoms with van der Waals surface area (Å²) in [6.07, 6.45) is 4.67. The molecule has 0 bridgehead atoms. The molecule has 1 heterocycles. The van der Waals surface area contributed by atoms with Crippen molar-refractivity contribution in [2.75, 3.05) is 32.1 Å². The van der Waals surface area contributed by atoms with E-state index >= 15 is 0 Å². The third-order valence-corrected chi connectivity index (χ3v) is 3.74. The van der Waals surface area contributed by atoms with Crippen molar-refractivity contribution in [1.29, 1.82) is 0 Å². The molecule has 1 fully saturated rings. The smallest absolute Gasteiger partial charge is 0.273 e. The van der Waals surface area contributed by atoms with E-state index in [4.69, 9.17) is 4.74 Å². The molecule has 0 aromatic heterocycles. The molecule has 22 heavy (non-hydrogen) atoms. The quantitative estimate of drug-likeness (QED) is 0.667. The highest BCUT2D eigenvalue weighted by Gasteiger charge is 2.16. The number of nitro groups is 1. The van der Waals surface area contributed by atoms with E-state index in [2.05, 4.69) is 10.2 Å². The zero-order chi connectivity index (χ0) is 15.9. The average molecular weight is 307 g/mol. The molecule has 0 aliphatic carbocycles. The predicted molar refractivity (Wildman–Crippen MR) is 83.2 cm³/mol. The number of carbonyl (C=O) groups excluding carboxylic acids is 1. The van der Waals surface area contributed by atoms with Crippen LogP contribution in [0.15, 0.2) is 18.2 Å². The topological polar surface area (TPSA) is 84.7 Å². The van der Waals surface area contributed by atoms with Gasteiger partial charge in [-0.1, -0.05) is 12.8 Å². The molecular formula is C15H21N3O4. The lowest BCUT2D eigenvalue weighted by atomic mass is 10.2. The zero-order valence-electron chi connectivity index (χ0n) is 12.7. The summed E-state index contributed by atoms with van der Waals surface area (Å²) in [5.41, 5.74) is 0.385. The van der Waals surface area contributed by atoms with E-state index in [0.717, 1.165) is 25.9 Å². The highest BCUT2D eigenvalue weighted by atomic mass is 16.6. The lowest BCUT2D eigenvalue weighted by Crippen LogP contribution is -2.34. The highest BCUT2D eigenvalue weighted by Crippen LogP contribution is 2.28. The summed E-state index contributed by atoms with van der Waals surface area (Å²) in [6, 6.07) is 4.16. The highest BCUT2D eigenvalue weighted by molar-refractivity contribution is 5.93. The fourth-order valence-electron chi connectivity index (χ4n) is 2.58. The molecular weight excluding hydrogens is 286 g/mol. The summed E-state index contributed by atoms with van der Waals surface area (Å²) in [4.78, 5) is 24.5. The van der Waals surface area contributed by atoms with E-state index in [9.17, 15) is 14.9 Å². The minimum absolute atomic E-state index is 0.0673. The number of hydrogen-bond acceptors (Lipinski definition) is 5. The summed E-state index contributed by atoms with van der Waals surface area (Å²) >= 11 is 0. The van der Waals surface area contributed by atoms with Crippen LogP contribution in [0.5, 0.6) is 5.75 Å². The minimum atomic E-state index is -0.495. The molecule has 120 valence electrons. The SMILES string of the molecule is COc1cc([N+](=O)[O-])ccc1NC(=O)CN1CCCCCC1. The van der Waals surface area contributed by atoms with E-state index in [1.807, 2.05) is 0 Å². The fourth-order valence-corrected chi connectivity index (χ4v) is 2.58. The van der Waals surface area contributed by atoms with Crippen molar-refractivity contribution in [3.8, 4) is 5.75 Å². The maximum absolute atomic E-state index is 12.1. The molecule has 1 saturated heterocycles. The number of non-ortho nitro benzene ring substituents is 1. The van der Waals surface area contributed by atoms with Gasteiger partial charge >= 0.3 is 0 Å². The number of rotatable bonds is 5. The van der Waals surface area contributed by atoms with Gasteiger partial charge in [-0.15, -0.1) is 0 Å². The Labute approximate surface area is 129 Å². The molecule has 1 N–H and O–H groups in total. The number of nitrogens with one attached hydrogen (secondary N) is 1. The maximum Gasteiger partial charge on any atom is 0.273 e. The van der Waals surface area contributed by atoms with Crippen LogP contribution < -0.4 is 10.1 Å². The first kappa shape index (κ1) is 16.2. The lowest BCUT2D eigenvalue weighted by Gasteiger charge is -2.19. The Morgan fingerprint density at radius 3 is 2.59 bits per heavy atom. The van der Waals surface area contributed by atoms with Crippen LogP contribution in [0.2, 0.25) is 0 Å². The zero-order valence-corrected chi connectivity index (χ0v) is 12.7. The van der Waals surface area contributed by atoms with Crippen molar-refractivity contribution in [3.05, 3.63) is 28.3 Å². The second-order valence-corrected chi connectivity index (χ2v) is 5.38. The molecule has 0 saturated carbocycles. The van der Waals surface area contributed by atoms with Crippen molar-refractivity contribution < 1.29 is 14.5 Å². The second-order valence-electron chi connectivity index (χ2n) is 5.38. The number of anilines is 1. The normalized spacial score (nSPS) is 15.9. The standard InChI is InChI=1S/C15H21N3O4/c1-22-14-10-12(18(20)21)6-7-13(14)16-15(19)11-17-8-4-2-3-5-9-17/h6-7,10H,2-5,8-9,11H2,1H3,(H,16,19). The number of likely N-dealkylation sites (tertiary alicyclic amines) is 1. The molecule has 0 spiro atoms. The van der Waals surface area contributed by atoms with Gasteiger partial charge in [0.15, 0.2) is 0 Å². The first-order valence-corrected chi connectivity index (χ1v) is 7.45.